The van der Waals surface area contributed by atoms with E-state index in [1.54, 1.807) is 0 Å². The highest BCUT2D eigenvalue weighted by atomic mass is 16.7. The number of hydrogen-bond donors (Lipinski definition) is 6. The molecule has 0 aromatic rings. The van der Waals surface area contributed by atoms with Gasteiger partial charge in [0.2, 0.25) is 0 Å². The van der Waals surface area contributed by atoms with Gasteiger partial charge in [0, 0.05) is 31.2 Å². The van der Waals surface area contributed by atoms with E-state index >= 15 is 0 Å². The van der Waals surface area contributed by atoms with Crippen LogP contribution in [0.2, 0.25) is 0 Å². The molecule has 0 radical (unpaired) electrons. The van der Waals surface area contributed by atoms with E-state index in [9.17, 15) is 10.2 Å². The first-order chi connectivity index (χ1) is 13.8. The molecule has 3 rings (SSSR count). The van der Waals surface area contributed by atoms with Crippen molar-refractivity contribution in [3.63, 3.8) is 0 Å². The van der Waals surface area contributed by atoms with Crippen molar-refractivity contribution in [3.8, 4) is 0 Å². The molecule has 0 amide bonds. The maximum atomic E-state index is 11.0. The van der Waals surface area contributed by atoms with Gasteiger partial charge < -0.3 is 51.7 Å². The molecule has 10 nitrogen and oxygen atoms in total. The van der Waals surface area contributed by atoms with Crippen LogP contribution >= 0.6 is 0 Å². The third-order valence-electron chi connectivity index (χ3n) is 6.38. The molecule has 3 aliphatic rings. The number of nitrogens with one attached hydrogen (secondary N) is 1. The van der Waals surface area contributed by atoms with Crippen LogP contribution < -0.4 is 22.5 Å². The van der Waals surface area contributed by atoms with E-state index in [1.165, 1.54) is 0 Å². The molecule has 11 unspecified atom stereocenters. The average Bonchev–Trinajstić information content (AvgIpc) is 2.70. The van der Waals surface area contributed by atoms with Gasteiger partial charge in [-0.1, -0.05) is 0 Å². The highest BCUT2D eigenvalue weighted by Crippen LogP contribution is 2.29. The third-order valence-corrected chi connectivity index (χ3v) is 6.38. The summed E-state index contributed by atoms with van der Waals surface area (Å²) >= 11 is 0. The third kappa shape index (κ3) is 5.45. The second-order valence-electron chi connectivity index (χ2n) is 8.59. The smallest absolute Gasteiger partial charge is 0.183 e. The van der Waals surface area contributed by atoms with E-state index in [0.717, 1.165) is 6.42 Å². The van der Waals surface area contributed by atoms with Gasteiger partial charge in [-0.25, -0.2) is 0 Å². The first-order valence-electron chi connectivity index (χ1n) is 10.7. The summed E-state index contributed by atoms with van der Waals surface area (Å²) in [6.45, 7) is 2.92. The SMILES string of the molecule is CNC(C)C1CC(OC2C(N)CC(N)C(OC3OCCCC3O)C2O)C(N)CO1. The largest absolute Gasteiger partial charge is 0.388 e. The molecule has 9 N–H and O–H groups in total. The van der Waals surface area contributed by atoms with Crippen LogP contribution in [0.1, 0.15) is 32.6 Å². The molecule has 11 atom stereocenters. The van der Waals surface area contributed by atoms with Crippen molar-refractivity contribution in [2.24, 2.45) is 17.2 Å². The van der Waals surface area contributed by atoms with Crippen LogP contribution in [-0.4, -0.2) is 97.6 Å². The van der Waals surface area contributed by atoms with Gasteiger partial charge in [-0.15, -0.1) is 0 Å². The fourth-order valence-electron chi connectivity index (χ4n) is 4.37. The Morgan fingerprint density at radius 3 is 2.34 bits per heavy atom. The lowest BCUT2D eigenvalue weighted by Gasteiger charge is -2.46. The van der Waals surface area contributed by atoms with E-state index in [1.807, 2.05) is 14.0 Å². The Hall–Kier alpha value is -0.400. The zero-order valence-corrected chi connectivity index (χ0v) is 17.4. The van der Waals surface area contributed by atoms with Gasteiger partial charge in [-0.05, 0) is 33.2 Å². The fourth-order valence-corrected chi connectivity index (χ4v) is 4.37. The number of nitrogens with two attached hydrogens (primary N) is 3. The van der Waals surface area contributed by atoms with Gasteiger partial charge in [0.15, 0.2) is 6.29 Å². The lowest BCUT2D eigenvalue weighted by atomic mass is 9.84. The van der Waals surface area contributed by atoms with Crippen molar-refractivity contribution >= 4 is 0 Å². The highest BCUT2D eigenvalue weighted by Gasteiger charge is 2.47. The molecule has 2 saturated heterocycles. The van der Waals surface area contributed by atoms with Crippen LogP contribution in [0.4, 0.5) is 0 Å². The summed E-state index contributed by atoms with van der Waals surface area (Å²) in [6, 6.07) is -1.11. The number of aliphatic hydroxyl groups excluding tert-OH is 2. The first-order valence-corrected chi connectivity index (χ1v) is 10.7. The molecule has 0 spiro atoms. The molecule has 2 heterocycles. The minimum absolute atomic E-state index is 0.0400. The Balaban J connectivity index is 1.65. The lowest BCUT2D eigenvalue weighted by Crippen LogP contribution is -2.65. The van der Waals surface area contributed by atoms with Crippen LogP contribution in [0.5, 0.6) is 0 Å². The zero-order chi connectivity index (χ0) is 21.1. The maximum absolute atomic E-state index is 11.0. The molecule has 2 aliphatic heterocycles. The van der Waals surface area contributed by atoms with Crippen molar-refractivity contribution in [2.45, 2.75) is 99.7 Å². The van der Waals surface area contributed by atoms with Crippen molar-refractivity contribution in [3.05, 3.63) is 0 Å². The Kier molecular flexibility index (Phi) is 8.24. The van der Waals surface area contributed by atoms with E-state index in [4.69, 9.17) is 36.1 Å². The summed E-state index contributed by atoms with van der Waals surface area (Å²) in [4.78, 5) is 0. The Labute approximate surface area is 172 Å². The van der Waals surface area contributed by atoms with Gasteiger partial charge in [0.25, 0.3) is 0 Å². The summed E-state index contributed by atoms with van der Waals surface area (Å²) in [5.41, 5.74) is 18.7. The molecule has 29 heavy (non-hydrogen) atoms. The van der Waals surface area contributed by atoms with E-state index in [0.29, 0.717) is 32.5 Å². The lowest BCUT2D eigenvalue weighted by molar-refractivity contribution is -0.269. The fraction of sp³-hybridized carbons (Fsp3) is 1.00. The monoisotopic (exact) mass is 418 g/mol. The van der Waals surface area contributed by atoms with Crippen LogP contribution in [-0.2, 0) is 18.9 Å². The molecular formula is C19H38N4O6. The van der Waals surface area contributed by atoms with Crippen LogP contribution in [0.25, 0.3) is 0 Å². The zero-order valence-electron chi connectivity index (χ0n) is 17.4. The van der Waals surface area contributed by atoms with Crippen molar-refractivity contribution in [2.75, 3.05) is 20.3 Å². The van der Waals surface area contributed by atoms with Crippen molar-refractivity contribution < 1.29 is 29.2 Å². The number of rotatable bonds is 6. The molecule has 170 valence electrons. The Morgan fingerprint density at radius 2 is 1.69 bits per heavy atom. The van der Waals surface area contributed by atoms with E-state index in [-0.39, 0.29) is 24.3 Å². The minimum atomic E-state index is -1.05. The number of ether oxygens (including phenoxy) is 4. The standard InChI is InChI=1S/C19H38N4O6/c1-9(23-2)14-7-15(12(22)8-27-14)28-17-10(20)6-11(21)18(16(17)25)29-19-13(24)4-3-5-26-19/h9-19,23-25H,3-8,20-22H2,1-2H3. The molecule has 3 fully saturated rings. The number of aliphatic hydroxyl groups is 2. The Bertz CT molecular complexity index is 517. The maximum Gasteiger partial charge on any atom is 0.183 e. The quantitative estimate of drug-likeness (QED) is 0.278. The van der Waals surface area contributed by atoms with Crippen LogP contribution in [0.3, 0.4) is 0 Å². The number of likely N-dealkylation sites (N-methyl/N-ethyl adjacent to an activating group) is 1. The summed E-state index contributed by atoms with van der Waals surface area (Å²) in [7, 11) is 1.88. The molecule has 0 aromatic heterocycles. The van der Waals surface area contributed by atoms with Crippen LogP contribution in [0.15, 0.2) is 0 Å². The topological polar surface area (TPSA) is 167 Å². The second kappa shape index (κ2) is 10.3. The number of hydrogen-bond acceptors (Lipinski definition) is 10. The van der Waals surface area contributed by atoms with E-state index < -0.39 is 42.8 Å². The molecule has 10 heteroatoms. The Morgan fingerprint density at radius 1 is 1.00 bits per heavy atom. The summed E-state index contributed by atoms with van der Waals surface area (Å²) < 4.78 is 23.5. The molecule has 1 saturated carbocycles. The van der Waals surface area contributed by atoms with Crippen molar-refractivity contribution in [1.29, 1.82) is 0 Å². The van der Waals surface area contributed by atoms with Gasteiger partial charge in [-0.3, -0.25) is 0 Å². The normalized spacial score (nSPS) is 47.7. The minimum Gasteiger partial charge on any atom is -0.388 e. The predicted molar refractivity (Wildman–Crippen MR) is 106 cm³/mol. The van der Waals surface area contributed by atoms with Gasteiger partial charge in [-0.2, -0.15) is 0 Å². The van der Waals surface area contributed by atoms with Crippen molar-refractivity contribution in [1.82, 2.24) is 5.32 Å². The second-order valence-corrected chi connectivity index (χ2v) is 8.59. The first kappa shape index (κ1) is 23.3. The summed E-state index contributed by atoms with van der Waals surface area (Å²) in [6.07, 6.45) is -2.01. The molecule has 0 bridgehead atoms. The van der Waals surface area contributed by atoms with Gasteiger partial charge >= 0.3 is 0 Å². The summed E-state index contributed by atoms with van der Waals surface area (Å²) in [5, 5.41) is 24.3. The summed E-state index contributed by atoms with van der Waals surface area (Å²) in [5.74, 6) is 0. The van der Waals surface area contributed by atoms with Crippen LogP contribution in [0, 0.1) is 0 Å². The predicted octanol–water partition coefficient (Wildman–Crippen LogP) is -2.23. The molecule has 1 aliphatic carbocycles. The molecular weight excluding hydrogens is 380 g/mol. The van der Waals surface area contributed by atoms with Gasteiger partial charge in [0.1, 0.15) is 24.4 Å². The van der Waals surface area contributed by atoms with Gasteiger partial charge in [0.05, 0.1) is 24.9 Å². The van der Waals surface area contributed by atoms with E-state index in [2.05, 4.69) is 5.32 Å². The average molecular weight is 419 g/mol. The highest BCUT2D eigenvalue weighted by molar-refractivity contribution is 5.00. The molecule has 0 aromatic carbocycles.